The van der Waals surface area contributed by atoms with Crippen molar-refractivity contribution in [2.45, 2.75) is 18.9 Å². The van der Waals surface area contributed by atoms with Gasteiger partial charge in [-0.05, 0) is 65.6 Å². The molecule has 0 saturated carbocycles. The standard InChI is InChI=1S/C27H24FN5O/c28-26-6-2-5-24(32-26)27(34)33-11-8-22(9-12-33)31-25-15-21(14-20-7-10-30-17-23(20)25)19-4-1-3-18(13-19)16-29/h1-7,13-15,17,22,30-31H,8-12H2. The number of nitrogens with one attached hydrogen (secondary N) is 2. The molecule has 0 radical (unpaired) electrons. The Hall–Kier alpha value is -4.18. The Labute approximate surface area is 197 Å². The molecule has 1 amide bonds. The second-order valence-electron chi connectivity index (χ2n) is 8.53. The largest absolute Gasteiger partial charge is 0.387 e. The molecule has 0 spiro atoms. The van der Waals surface area contributed by atoms with Crippen LogP contribution < -0.4 is 21.1 Å². The van der Waals surface area contributed by atoms with Crippen molar-refractivity contribution in [2.24, 2.45) is 0 Å². The van der Waals surface area contributed by atoms with E-state index in [1.807, 2.05) is 24.4 Å². The Morgan fingerprint density at radius 3 is 2.74 bits per heavy atom. The average Bonchev–Trinajstić information content (AvgIpc) is 2.88. The van der Waals surface area contributed by atoms with Gasteiger partial charge in [0.05, 0.1) is 11.6 Å². The summed E-state index contributed by atoms with van der Waals surface area (Å²) in [6.07, 6.45) is 5.75. The van der Waals surface area contributed by atoms with Crippen LogP contribution >= 0.6 is 0 Å². The van der Waals surface area contributed by atoms with E-state index in [0.29, 0.717) is 18.7 Å². The zero-order chi connectivity index (χ0) is 23.5. The number of aromatic nitrogens is 1. The number of piperidine rings is 1. The van der Waals surface area contributed by atoms with Gasteiger partial charge in [0.2, 0.25) is 5.95 Å². The zero-order valence-corrected chi connectivity index (χ0v) is 18.6. The van der Waals surface area contributed by atoms with Crippen LogP contribution in [0.1, 0.15) is 28.9 Å². The third kappa shape index (κ3) is 4.48. The molecule has 3 heterocycles. The normalized spacial score (nSPS) is 15.2. The molecule has 0 atom stereocenters. The van der Waals surface area contributed by atoms with Crippen molar-refractivity contribution >= 4 is 23.9 Å². The molecule has 2 N–H and O–H groups in total. The van der Waals surface area contributed by atoms with Crippen molar-refractivity contribution in [1.29, 1.82) is 5.26 Å². The molecule has 5 rings (SSSR count). The van der Waals surface area contributed by atoms with Crippen LogP contribution in [-0.2, 0) is 0 Å². The lowest BCUT2D eigenvalue weighted by Gasteiger charge is -2.33. The van der Waals surface area contributed by atoms with Gasteiger partial charge in [-0.1, -0.05) is 24.3 Å². The first-order valence-corrected chi connectivity index (χ1v) is 11.4. The molecule has 2 aromatic carbocycles. The molecule has 34 heavy (non-hydrogen) atoms. The highest BCUT2D eigenvalue weighted by Crippen LogP contribution is 2.23. The zero-order valence-electron chi connectivity index (χ0n) is 18.6. The molecular formula is C27H24FN5O. The summed E-state index contributed by atoms with van der Waals surface area (Å²) in [7, 11) is 0. The van der Waals surface area contributed by atoms with E-state index in [4.69, 9.17) is 0 Å². The predicted octanol–water partition coefficient (Wildman–Crippen LogP) is 2.60. The Morgan fingerprint density at radius 1 is 1.12 bits per heavy atom. The summed E-state index contributed by atoms with van der Waals surface area (Å²) in [5.74, 6) is -0.879. The van der Waals surface area contributed by atoms with Crippen LogP contribution in [0.15, 0.2) is 54.6 Å². The Kier molecular flexibility index (Phi) is 5.96. The van der Waals surface area contributed by atoms with E-state index in [1.165, 1.54) is 12.1 Å². The number of benzene rings is 2. The van der Waals surface area contributed by atoms with Gasteiger partial charge in [-0.25, -0.2) is 4.98 Å². The van der Waals surface area contributed by atoms with E-state index < -0.39 is 5.95 Å². The summed E-state index contributed by atoms with van der Waals surface area (Å²) in [6.45, 7) is 1.92. The second kappa shape index (κ2) is 9.36. The smallest absolute Gasteiger partial charge is 0.272 e. The van der Waals surface area contributed by atoms with Crippen molar-refractivity contribution in [2.75, 3.05) is 25.0 Å². The highest BCUT2D eigenvalue weighted by atomic mass is 19.1. The number of amides is 1. The van der Waals surface area contributed by atoms with Crippen LogP contribution in [0.2, 0.25) is 0 Å². The van der Waals surface area contributed by atoms with E-state index in [0.717, 1.165) is 46.6 Å². The molecule has 0 bridgehead atoms. The third-order valence-corrected chi connectivity index (χ3v) is 6.30. The van der Waals surface area contributed by atoms with Gasteiger partial charge in [0, 0.05) is 42.8 Å². The molecular weight excluding hydrogens is 429 g/mol. The number of nitrogens with zero attached hydrogens (tertiary/aromatic N) is 3. The number of anilines is 1. The summed E-state index contributed by atoms with van der Waals surface area (Å²) < 4.78 is 13.4. The van der Waals surface area contributed by atoms with Gasteiger partial charge in [-0.15, -0.1) is 0 Å². The topological polar surface area (TPSA) is 81.1 Å². The molecule has 7 heteroatoms. The number of rotatable bonds is 4. The molecule has 2 aliphatic heterocycles. The van der Waals surface area contributed by atoms with Crippen LogP contribution in [0.5, 0.6) is 0 Å². The Bertz CT molecular complexity index is 1400. The predicted molar refractivity (Wildman–Crippen MR) is 130 cm³/mol. The molecule has 0 aliphatic carbocycles. The molecule has 3 aromatic rings. The van der Waals surface area contributed by atoms with Gasteiger partial charge in [0.1, 0.15) is 5.69 Å². The fourth-order valence-electron chi connectivity index (χ4n) is 4.53. The quantitative estimate of drug-likeness (QED) is 0.594. The number of carbonyl (C=O) groups excluding carboxylic acids is 1. The number of halogens is 1. The van der Waals surface area contributed by atoms with Gasteiger partial charge < -0.3 is 15.5 Å². The van der Waals surface area contributed by atoms with Crippen LogP contribution in [-0.4, -0.2) is 41.5 Å². The lowest BCUT2D eigenvalue weighted by molar-refractivity contribution is 0.0711. The first kappa shape index (κ1) is 21.7. The third-order valence-electron chi connectivity index (χ3n) is 6.30. The molecule has 2 aliphatic rings. The van der Waals surface area contributed by atoms with E-state index in [1.54, 1.807) is 17.0 Å². The van der Waals surface area contributed by atoms with Crippen LogP contribution in [0.3, 0.4) is 0 Å². The second-order valence-corrected chi connectivity index (χ2v) is 8.53. The molecule has 6 nitrogen and oxygen atoms in total. The van der Waals surface area contributed by atoms with Crippen LogP contribution in [0, 0.1) is 17.3 Å². The maximum Gasteiger partial charge on any atom is 0.272 e. The lowest BCUT2D eigenvalue weighted by Crippen LogP contribution is -2.44. The summed E-state index contributed by atoms with van der Waals surface area (Å²) in [6, 6.07) is 18.6. The number of hydrogen-bond acceptors (Lipinski definition) is 5. The number of pyridine rings is 1. The monoisotopic (exact) mass is 453 g/mol. The van der Waals surface area contributed by atoms with Crippen molar-refractivity contribution in [3.63, 3.8) is 0 Å². The minimum absolute atomic E-state index is 0.143. The summed E-state index contributed by atoms with van der Waals surface area (Å²) in [5, 5.41) is 18.5. The maximum absolute atomic E-state index is 13.4. The van der Waals surface area contributed by atoms with Gasteiger partial charge in [0.15, 0.2) is 0 Å². The Balaban J connectivity index is 1.36. The van der Waals surface area contributed by atoms with Crippen molar-refractivity contribution in [3.05, 3.63) is 82.2 Å². The molecule has 170 valence electrons. The SMILES string of the molecule is N#Cc1cccc(-c2cc(NC3CCN(C(=O)c4cccc(F)n4)CC3)c3c(c2)=CCNC=3)c1. The summed E-state index contributed by atoms with van der Waals surface area (Å²) in [5.41, 5.74) is 3.85. The maximum atomic E-state index is 13.4. The Morgan fingerprint density at radius 2 is 1.94 bits per heavy atom. The van der Waals surface area contributed by atoms with E-state index in [-0.39, 0.29) is 17.6 Å². The molecule has 1 fully saturated rings. The van der Waals surface area contributed by atoms with Crippen LogP contribution in [0.25, 0.3) is 23.4 Å². The van der Waals surface area contributed by atoms with Crippen molar-refractivity contribution in [1.82, 2.24) is 15.2 Å². The highest BCUT2D eigenvalue weighted by molar-refractivity contribution is 5.92. The fourth-order valence-corrected chi connectivity index (χ4v) is 4.53. The minimum Gasteiger partial charge on any atom is -0.387 e. The van der Waals surface area contributed by atoms with E-state index in [9.17, 15) is 14.4 Å². The fraction of sp³-hybridized carbons (Fsp3) is 0.222. The van der Waals surface area contributed by atoms with Crippen LogP contribution in [0.4, 0.5) is 10.1 Å². The summed E-state index contributed by atoms with van der Waals surface area (Å²) in [4.78, 5) is 18.2. The van der Waals surface area contributed by atoms with E-state index in [2.05, 4.69) is 39.9 Å². The number of nitriles is 1. The first-order chi connectivity index (χ1) is 16.6. The lowest BCUT2D eigenvalue weighted by atomic mass is 9.98. The molecule has 0 unspecified atom stereocenters. The van der Waals surface area contributed by atoms with Crippen molar-refractivity contribution in [3.8, 4) is 17.2 Å². The van der Waals surface area contributed by atoms with Gasteiger partial charge in [0.25, 0.3) is 5.91 Å². The van der Waals surface area contributed by atoms with Crippen molar-refractivity contribution < 1.29 is 9.18 Å². The van der Waals surface area contributed by atoms with E-state index >= 15 is 0 Å². The highest BCUT2D eigenvalue weighted by Gasteiger charge is 2.25. The number of fused-ring (bicyclic) bond motifs is 1. The first-order valence-electron chi connectivity index (χ1n) is 11.4. The minimum atomic E-state index is -0.644. The molecule has 1 saturated heterocycles. The average molecular weight is 454 g/mol. The summed E-state index contributed by atoms with van der Waals surface area (Å²) >= 11 is 0. The number of carbonyl (C=O) groups is 1. The van der Waals surface area contributed by atoms with Gasteiger partial charge >= 0.3 is 0 Å². The number of likely N-dealkylation sites (tertiary alicyclic amines) is 1. The number of hydrogen-bond donors (Lipinski definition) is 2. The molecule has 1 aromatic heterocycles. The van der Waals surface area contributed by atoms with Gasteiger partial charge in [-0.2, -0.15) is 9.65 Å². The van der Waals surface area contributed by atoms with Gasteiger partial charge in [-0.3, -0.25) is 4.79 Å².